The van der Waals surface area contributed by atoms with Crippen LogP contribution in [-0.4, -0.2) is 18.5 Å². The van der Waals surface area contributed by atoms with E-state index in [0.717, 1.165) is 5.56 Å². The Hall–Kier alpha value is -1.26. The van der Waals surface area contributed by atoms with Gasteiger partial charge in [0, 0.05) is 24.0 Å². The lowest BCUT2D eigenvalue weighted by molar-refractivity contribution is -0.117. The molecule has 86 valence electrons. The van der Waals surface area contributed by atoms with Gasteiger partial charge in [0.25, 0.3) is 0 Å². The number of carbonyl (C=O) groups is 1. The number of hydrogen-bond donors (Lipinski definition) is 2. The molecule has 1 aromatic rings. The van der Waals surface area contributed by atoms with E-state index in [0.29, 0.717) is 29.4 Å². The summed E-state index contributed by atoms with van der Waals surface area (Å²) in [5.74, 6) is -0.000815. The molecule has 4 nitrogen and oxygen atoms in total. The number of amides is 1. The molecule has 1 aliphatic heterocycles. The molecule has 1 aliphatic rings. The molecule has 1 saturated heterocycles. The molecule has 1 fully saturated rings. The fourth-order valence-electron chi connectivity index (χ4n) is 1.90. The molecule has 0 aliphatic carbocycles. The second-order valence-electron chi connectivity index (χ2n) is 4.13. The van der Waals surface area contributed by atoms with Crippen LogP contribution in [0.2, 0.25) is 5.02 Å². The number of rotatable bonds is 1. The van der Waals surface area contributed by atoms with Crippen LogP contribution >= 0.6 is 11.6 Å². The van der Waals surface area contributed by atoms with Crippen LogP contribution in [0.15, 0.2) is 12.1 Å². The van der Waals surface area contributed by atoms with Gasteiger partial charge in [0.15, 0.2) is 0 Å². The fourth-order valence-corrected chi connectivity index (χ4v) is 2.05. The summed E-state index contributed by atoms with van der Waals surface area (Å²) in [5.41, 5.74) is 13.7. The van der Waals surface area contributed by atoms with Crippen LogP contribution in [0.5, 0.6) is 0 Å². The van der Waals surface area contributed by atoms with Crippen LogP contribution in [0.25, 0.3) is 0 Å². The zero-order valence-electron chi connectivity index (χ0n) is 9.03. The molecule has 16 heavy (non-hydrogen) atoms. The number of nitrogens with two attached hydrogens (primary N) is 2. The Labute approximate surface area is 99.2 Å². The quantitative estimate of drug-likeness (QED) is 0.726. The van der Waals surface area contributed by atoms with Gasteiger partial charge in [-0.2, -0.15) is 0 Å². The molecule has 2 rings (SSSR count). The molecule has 0 bridgehead atoms. The Morgan fingerprint density at radius 3 is 2.75 bits per heavy atom. The van der Waals surface area contributed by atoms with Crippen molar-refractivity contribution in [1.82, 2.24) is 0 Å². The van der Waals surface area contributed by atoms with Crippen LogP contribution in [-0.2, 0) is 4.79 Å². The first kappa shape index (κ1) is 11.2. The van der Waals surface area contributed by atoms with Crippen molar-refractivity contribution in [2.24, 2.45) is 5.73 Å². The van der Waals surface area contributed by atoms with E-state index in [4.69, 9.17) is 23.1 Å². The van der Waals surface area contributed by atoms with Crippen LogP contribution in [0.1, 0.15) is 12.0 Å². The summed E-state index contributed by atoms with van der Waals surface area (Å²) in [6.07, 6.45) is 0.366. The van der Waals surface area contributed by atoms with Gasteiger partial charge in [-0.1, -0.05) is 11.6 Å². The Kier molecular flexibility index (Phi) is 2.78. The Morgan fingerprint density at radius 2 is 2.19 bits per heavy atom. The predicted molar refractivity (Wildman–Crippen MR) is 65.5 cm³/mol. The van der Waals surface area contributed by atoms with Crippen LogP contribution < -0.4 is 16.4 Å². The second kappa shape index (κ2) is 3.96. The number of hydrogen-bond acceptors (Lipinski definition) is 3. The average Bonchev–Trinajstić information content (AvgIpc) is 2.51. The van der Waals surface area contributed by atoms with Crippen molar-refractivity contribution < 1.29 is 4.79 Å². The van der Waals surface area contributed by atoms with Gasteiger partial charge in [0.2, 0.25) is 5.91 Å². The minimum Gasteiger partial charge on any atom is -0.397 e. The molecule has 5 heteroatoms. The van der Waals surface area contributed by atoms with E-state index in [1.54, 1.807) is 17.0 Å². The highest BCUT2D eigenvalue weighted by Crippen LogP contribution is 2.32. The van der Waals surface area contributed by atoms with Crippen molar-refractivity contribution in [2.75, 3.05) is 17.2 Å². The maximum atomic E-state index is 11.7. The smallest absolute Gasteiger partial charge is 0.228 e. The van der Waals surface area contributed by atoms with Crippen molar-refractivity contribution in [2.45, 2.75) is 19.4 Å². The van der Waals surface area contributed by atoms with Crippen LogP contribution in [0.3, 0.4) is 0 Å². The Morgan fingerprint density at radius 1 is 1.50 bits per heavy atom. The highest BCUT2D eigenvalue weighted by Gasteiger charge is 2.29. The number of carbonyl (C=O) groups excluding carboxylic acids is 1. The van der Waals surface area contributed by atoms with E-state index in [-0.39, 0.29) is 11.9 Å². The highest BCUT2D eigenvalue weighted by molar-refractivity contribution is 6.32. The molecular weight excluding hydrogens is 226 g/mol. The van der Waals surface area contributed by atoms with Gasteiger partial charge in [0.1, 0.15) is 0 Å². The largest absolute Gasteiger partial charge is 0.397 e. The number of anilines is 2. The van der Waals surface area contributed by atoms with Crippen LogP contribution in [0, 0.1) is 6.92 Å². The monoisotopic (exact) mass is 239 g/mol. The number of aryl methyl sites for hydroxylation is 1. The van der Waals surface area contributed by atoms with Gasteiger partial charge in [-0.3, -0.25) is 4.79 Å². The standard InChI is InChI=1S/C11H14ClN3O/c1-6-2-9(14)10(4-8(6)12)15-5-7(13)3-11(15)16/h2,4,7H,3,5,13-14H2,1H3. The minimum atomic E-state index is -0.119. The van der Waals surface area contributed by atoms with Crippen molar-refractivity contribution in [3.8, 4) is 0 Å². The summed E-state index contributed by atoms with van der Waals surface area (Å²) in [5, 5.41) is 0.609. The summed E-state index contributed by atoms with van der Waals surface area (Å²) in [6.45, 7) is 2.38. The SMILES string of the molecule is Cc1cc(N)c(N2CC(N)CC2=O)cc1Cl. The Balaban J connectivity index is 2.41. The van der Waals surface area contributed by atoms with E-state index in [9.17, 15) is 4.79 Å². The van der Waals surface area contributed by atoms with Gasteiger partial charge >= 0.3 is 0 Å². The molecule has 1 heterocycles. The lowest BCUT2D eigenvalue weighted by atomic mass is 10.2. The molecule has 0 spiro atoms. The Bertz CT molecular complexity index is 447. The predicted octanol–water partition coefficient (Wildman–Crippen LogP) is 1.29. The summed E-state index contributed by atoms with van der Waals surface area (Å²) in [6, 6.07) is 3.38. The topological polar surface area (TPSA) is 72.3 Å². The number of nitrogen functional groups attached to an aromatic ring is 1. The first-order valence-corrected chi connectivity index (χ1v) is 5.48. The van der Waals surface area contributed by atoms with E-state index < -0.39 is 0 Å². The molecule has 1 atom stereocenters. The molecular formula is C11H14ClN3O. The van der Waals surface area contributed by atoms with E-state index in [1.807, 2.05) is 6.92 Å². The average molecular weight is 240 g/mol. The zero-order valence-corrected chi connectivity index (χ0v) is 9.79. The van der Waals surface area contributed by atoms with Gasteiger partial charge in [-0.15, -0.1) is 0 Å². The maximum absolute atomic E-state index is 11.7. The first-order valence-electron chi connectivity index (χ1n) is 5.10. The van der Waals surface area contributed by atoms with Gasteiger partial charge < -0.3 is 16.4 Å². The third-order valence-corrected chi connectivity index (χ3v) is 3.16. The molecule has 1 amide bonds. The molecule has 1 unspecified atom stereocenters. The normalized spacial score (nSPS) is 20.6. The highest BCUT2D eigenvalue weighted by atomic mass is 35.5. The number of nitrogens with zero attached hydrogens (tertiary/aromatic N) is 1. The summed E-state index contributed by atoms with van der Waals surface area (Å²) in [4.78, 5) is 13.3. The van der Waals surface area contributed by atoms with Crippen molar-refractivity contribution in [3.63, 3.8) is 0 Å². The first-order chi connectivity index (χ1) is 7.49. The van der Waals surface area contributed by atoms with E-state index in [2.05, 4.69) is 0 Å². The number of halogens is 1. The minimum absolute atomic E-state index is 0.000815. The van der Waals surface area contributed by atoms with Gasteiger partial charge in [0.05, 0.1) is 11.4 Å². The van der Waals surface area contributed by atoms with Gasteiger partial charge in [-0.05, 0) is 24.6 Å². The lowest BCUT2D eigenvalue weighted by Gasteiger charge is -2.19. The lowest BCUT2D eigenvalue weighted by Crippen LogP contribution is -2.28. The molecule has 0 saturated carbocycles. The summed E-state index contributed by atoms with van der Waals surface area (Å²) >= 11 is 6.02. The molecule has 0 aromatic heterocycles. The third-order valence-electron chi connectivity index (χ3n) is 2.75. The van der Waals surface area contributed by atoms with Gasteiger partial charge in [-0.25, -0.2) is 0 Å². The maximum Gasteiger partial charge on any atom is 0.228 e. The number of benzene rings is 1. The third kappa shape index (κ3) is 1.86. The van der Waals surface area contributed by atoms with Crippen LogP contribution in [0.4, 0.5) is 11.4 Å². The van der Waals surface area contributed by atoms with Crippen molar-refractivity contribution in [3.05, 3.63) is 22.7 Å². The zero-order chi connectivity index (χ0) is 11.9. The molecule has 4 N–H and O–H groups in total. The van der Waals surface area contributed by atoms with Crippen molar-refractivity contribution >= 4 is 28.9 Å². The van der Waals surface area contributed by atoms with E-state index >= 15 is 0 Å². The van der Waals surface area contributed by atoms with E-state index in [1.165, 1.54) is 0 Å². The fraction of sp³-hybridized carbons (Fsp3) is 0.364. The summed E-state index contributed by atoms with van der Waals surface area (Å²) < 4.78 is 0. The van der Waals surface area contributed by atoms with Crippen molar-refractivity contribution in [1.29, 1.82) is 0 Å². The molecule has 1 aromatic carbocycles. The second-order valence-corrected chi connectivity index (χ2v) is 4.54. The summed E-state index contributed by atoms with van der Waals surface area (Å²) in [7, 11) is 0. The molecule has 0 radical (unpaired) electrons.